The molecule has 3 rings (SSSR count). The third-order valence-electron chi connectivity index (χ3n) is 5.36. The van der Waals surface area contributed by atoms with Gasteiger partial charge in [0, 0.05) is 24.5 Å². The van der Waals surface area contributed by atoms with Crippen LogP contribution in [0.25, 0.3) is 5.76 Å². The second kappa shape index (κ2) is 9.47. The van der Waals surface area contributed by atoms with E-state index in [2.05, 4.69) is 23.7 Å². The minimum atomic E-state index is -0.650. The fourth-order valence-electron chi connectivity index (χ4n) is 3.75. The number of ketones is 1. The Labute approximate surface area is 171 Å². The molecule has 0 spiro atoms. The Morgan fingerprint density at radius 1 is 1.10 bits per heavy atom. The summed E-state index contributed by atoms with van der Waals surface area (Å²) in [5.41, 5.74) is 1.35. The van der Waals surface area contributed by atoms with Gasteiger partial charge in [0.15, 0.2) is 0 Å². The summed E-state index contributed by atoms with van der Waals surface area (Å²) >= 11 is 0. The maximum Gasteiger partial charge on any atom is 0.295 e. The molecular formula is C23H27N3O3. The molecule has 0 saturated carbocycles. The zero-order valence-electron chi connectivity index (χ0n) is 16.9. The molecule has 152 valence electrons. The van der Waals surface area contributed by atoms with E-state index in [4.69, 9.17) is 0 Å². The Balaban J connectivity index is 1.98. The van der Waals surface area contributed by atoms with Crippen LogP contribution in [0.5, 0.6) is 0 Å². The molecule has 0 radical (unpaired) electrons. The number of aromatic nitrogens is 1. The number of nitrogens with zero attached hydrogens (tertiary/aromatic N) is 3. The van der Waals surface area contributed by atoms with E-state index in [9.17, 15) is 14.7 Å². The third-order valence-corrected chi connectivity index (χ3v) is 5.36. The van der Waals surface area contributed by atoms with E-state index in [0.717, 1.165) is 26.1 Å². The van der Waals surface area contributed by atoms with Crippen LogP contribution < -0.4 is 0 Å². The SMILES string of the molecule is CCN(CC)CCCN1C(=O)C(=O)/C(=C(\O)c2ccccc2)C1c1cccnc1. The van der Waals surface area contributed by atoms with E-state index in [1.807, 2.05) is 12.1 Å². The summed E-state index contributed by atoms with van der Waals surface area (Å²) in [6, 6.07) is 11.8. The molecule has 1 aliphatic heterocycles. The van der Waals surface area contributed by atoms with E-state index in [1.165, 1.54) is 0 Å². The number of carbonyl (C=O) groups is 2. The molecule has 2 heterocycles. The predicted molar refractivity (Wildman–Crippen MR) is 112 cm³/mol. The second-order valence-electron chi connectivity index (χ2n) is 7.03. The number of aliphatic hydroxyl groups excluding tert-OH is 1. The lowest BCUT2D eigenvalue weighted by Crippen LogP contribution is -2.33. The van der Waals surface area contributed by atoms with Gasteiger partial charge in [-0.05, 0) is 37.7 Å². The van der Waals surface area contributed by atoms with Gasteiger partial charge in [-0.15, -0.1) is 0 Å². The highest BCUT2D eigenvalue weighted by atomic mass is 16.3. The molecule has 1 unspecified atom stereocenters. The summed E-state index contributed by atoms with van der Waals surface area (Å²) in [6.07, 6.45) is 4.04. The Morgan fingerprint density at radius 3 is 2.45 bits per heavy atom. The molecule has 0 bridgehead atoms. The highest BCUT2D eigenvalue weighted by Gasteiger charge is 2.45. The van der Waals surface area contributed by atoms with E-state index in [0.29, 0.717) is 17.7 Å². The fraction of sp³-hybridized carbons (Fsp3) is 0.348. The molecule has 2 aromatic rings. The van der Waals surface area contributed by atoms with Crippen molar-refractivity contribution in [1.82, 2.24) is 14.8 Å². The Hall–Kier alpha value is -2.99. The van der Waals surface area contributed by atoms with Crippen LogP contribution in [0.2, 0.25) is 0 Å². The van der Waals surface area contributed by atoms with Crippen LogP contribution in [0.1, 0.15) is 37.4 Å². The van der Waals surface area contributed by atoms with Gasteiger partial charge in [0.25, 0.3) is 11.7 Å². The van der Waals surface area contributed by atoms with Gasteiger partial charge in [0.2, 0.25) is 0 Å². The first-order valence-electron chi connectivity index (χ1n) is 10.0. The van der Waals surface area contributed by atoms with Crippen molar-refractivity contribution in [3.8, 4) is 0 Å². The van der Waals surface area contributed by atoms with Crippen molar-refractivity contribution in [2.24, 2.45) is 0 Å². The normalized spacial score (nSPS) is 18.6. The molecule has 1 fully saturated rings. The molecule has 1 atom stereocenters. The van der Waals surface area contributed by atoms with Gasteiger partial charge in [0.1, 0.15) is 5.76 Å². The first-order valence-corrected chi connectivity index (χ1v) is 10.0. The minimum absolute atomic E-state index is 0.122. The quantitative estimate of drug-likeness (QED) is 0.423. The number of benzene rings is 1. The average molecular weight is 393 g/mol. The van der Waals surface area contributed by atoms with E-state index >= 15 is 0 Å². The zero-order chi connectivity index (χ0) is 20.8. The molecule has 1 saturated heterocycles. The van der Waals surface area contributed by atoms with Gasteiger partial charge in [-0.2, -0.15) is 0 Å². The molecule has 1 aromatic heterocycles. The van der Waals surface area contributed by atoms with Crippen molar-refractivity contribution in [1.29, 1.82) is 0 Å². The number of amides is 1. The summed E-state index contributed by atoms with van der Waals surface area (Å²) in [4.78, 5) is 33.7. The van der Waals surface area contributed by atoms with Gasteiger partial charge in [-0.1, -0.05) is 50.2 Å². The Bertz CT molecular complexity index is 877. The van der Waals surface area contributed by atoms with Crippen LogP contribution in [0.4, 0.5) is 0 Å². The Kier molecular flexibility index (Phi) is 6.77. The van der Waals surface area contributed by atoms with E-state index in [-0.39, 0.29) is 11.3 Å². The standard InChI is InChI=1S/C23H27N3O3/c1-3-25(4-2)14-9-15-26-20(18-12-8-13-24-16-18)19(22(28)23(26)29)21(27)17-10-6-5-7-11-17/h5-8,10-13,16,20,27H,3-4,9,14-15H2,1-2H3/b21-19-. The molecule has 6 nitrogen and oxygen atoms in total. The van der Waals surface area contributed by atoms with Crippen LogP contribution in [0.15, 0.2) is 60.4 Å². The van der Waals surface area contributed by atoms with Crippen molar-refractivity contribution in [2.45, 2.75) is 26.3 Å². The summed E-state index contributed by atoms with van der Waals surface area (Å²) in [6.45, 7) is 7.36. The lowest BCUT2D eigenvalue weighted by molar-refractivity contribution is -0.140. The maximum absolute atomic E-state index is 12.9. The maximum atomic E-state index is 12.9. The molecule has 1 amide bonds. The van der Waals surface area contributed by atoms with Crippen molar-refractivity contribution < 1.29 is 14.7 Å². The van der Waals surface area contributed by atoms with Gasteiger partial charge < -0.3 is 14.9 Å². The summed E-state index contributed by atoms with van der Waals surface area (Å²) in [7, 11) is 0. The van der Waals surface area contributed by atoms with Crippen LogP contribution >= 0.6 is 0 Å². The van der Waals surface area contributed by atoms with Gasteiger partial charge >= 0.3 is 0 Å². The molecule has 29 heavy (non-hydrogen) atoms. The number of rotatable bonds is 8. The largest absolute Gasteiger partial charge is 0.507 e. The monoisotopic (exact) mass is 393 g/mol. The van der Waals surface area contributed by atoms with Crippen LogP contribution in [0.3, 0.4) is 0 Å². The number of likely N-dealkylation sites (tertiary alicyclic amines) is 1. The Morgan fingerprint density at radius 2 is 1.83 bits per heavy atom. The molecule has 1 N–H and O–H groups in total. The summed E-state index contributed by atoms with van der Waals surface area (Å²) in [5.74, 6) is -1.37. The van der Waals surface area contributed by atoms with E-state index < -0.39 is 17.7 Å². The summed E-state index contributed by atoms with van der Waals surface area (Å²) < 4.78 is 0. The number of pyridine rings is 1. The van der Waals surface area contributed by atoms with Crippen molar-refractivity contribution in [2.75, 3.05) is 26.2 Å². The van der Waals surface area contributed by atoms with E-state index in [1.54, 1.807) is 47.6 Å². The van der Waals surface area contributed by atoms with Gasteiger partial charge in [0.05, 0.1) is 11.6 Å². The number of hydrogen-bond donors (Lipinski definition) is 1. The average Bonchev–Trinajstić information content (AvgIpc) is 3.02. The topological polar surface area (TPSA) is 73.7 Å². The predicted octanol–water partition coefficient (Wildman–Crippen LogP) is 3.24. The van der Waals surface area contributed by atoms with Crippen LogP contribution in [-0.2, 0) is 9.59 Å². The molecule has 0 aliphatic carbocycles. The molecule has 1 aliphatic rings. The fourth-order valence-corrected chi connectivity index (χ4v) is 3.75. The zero-order valence-corrected chi connectivity index (χ0v) is 16.9. The lowest BCUT2D eigenvalue weighted by atomic mass is 9.96. The molecule has 6 heteroatoms. The molecular weight excluding hydrogens is 366 g/mol. The van der Waals surface area contributed by atoms with Gasteiger partial charge in [-0.3, -0.25) is 14.6 Å². The lowest BCUT2D eigenvalue weighted by Gasteiger charge is -2.26. The van der Waals surface area contributed by atoms with Crippen molar-refractivity contribution in [3.05, 3.63) is 71.6 Å². The van der Waals surface area contributed by atoms with Crippen LogP contribution in [-0.4, -0.2) is 57.8 Å². The third kappa shape index (κ3) is 4.38. The minimum Gasteiger partial charge on any atom is -0.507 e. The van der Waals surface area contributed by atoms with Crippen molar-refractivity contribution in [3.63, 3.8) is 0 Å². The summed E-state index contributed by atoms with van der Waals surface area (Å²) in [5, 5.41) is 10.9. The van der Waals surface area contributed by atoms with Crippen LogP contribution in [0, 0.1) is 0 Å². The number of hydrogen-bond acceptors (Lipinski definition) is 5. The smallest absolute Gasteiger partial charge is 0.295 e. The molecule has 1 aromatic carbocycles. The van der Waals surface area contributed by atoms with Crippen molar-refractivity contribution >= 4 is 17.4 Å². The highest BCUT2D eigenvalue weighted by molar-refractivity contribution is 6.46. The first kappa shape index (κ1) is 20.7. The number of aliphatic hydroxyl groups is 1. The first-order chi connectivity index (χ1) is 14.1. The number of Topliss-reactive ketones (excluding diaryl/α,β-unsaturated/α-hetero) is 1. The number of carbonyl (C=O) groups excluding carboxylic acids is 2. The van der Waals surface area contributed by atoms with Gasteiger partial charge in [-0.25, -0.2) is 0 Å². The highest BCUT2D eigenvalue weighted by Crippen LogP contribution is 2.39. The second-order valence-corrected chi connectivity index (χ2v) is 7.03.